The van der Waals surface area contributed by atoms with Crippen LogP contribution in [0.15, 0.2) is 109 Å². The first-order chi connectivity index (χ1) is 34.1. The molecule has 2 aromatic heterocycles. The van der Waals surface area contributed by atoms with Gasteiger partial charge in [0.15, 0.2) is 23.3 Å². The van der Waals surface area contributed by atoms with Gasteiger partial charge in [0.1, 0.15) is 24.8 Å². The number of likely N-dealkylation sites (N-methyl/N-ethyl adjacent to an activating group) is 2. The Morgan fingerprint density at radius 2 is 1.00 bits per heavy atom. The Bertz CT molecular complexity index is 2790. The Labute approximate surface area is 432 Å². The summed E-state index contributed by atoms with van der Waals surface area (Å²) in [6.45, 7) is -0.800. The van der Waals surface area contributed by atoms with Crippen LogP contribution in [-0.2, 0) is 27.4 Å². The molecule has 0 fully saturated rings. The monoisotopic (exact) mass is 1050 g/mol. The van der Waals surface area contributed by atoms with Gasteiger partial charge in [-0.1, -0.05) is 72.8 Å². The summed E-state index contributed by atoms with van der Waals surface area (Å²) in [5, 5.41) is 31.8. The third-order valence-corrected chi connectivity index (χ3v) is 11.1. The Hall–Kier alpha value is -7.37. The Kier molecular flexibility index (Phi) is 25.0. The van der Waals surface area contributed by atoms with Crippen molar-refractivity contribution in [2.45, 2.75) is 63.7 Å². The highest BCUT2D eigenvalue weighted by Crippen LogP contribution is 2.19. The molecule has 392 valence electrons. The molecule has 0 bridgehead atoms. The number of anilines is 2. The number of carboxylic acid groups (broad SMARTS) is 1. The molecule has 0 aliphatic heterocycles. The van der Waals surface area contributed by atoms with Crippen LogP contribution in [0.1, 0.15) is 49.7 Å². The number of halogens is 4. The molecule has 6 N–H and O–H groups in total. The maximum atomic E-state index is 13.9. The molecule has 6 rings (SSSR count). The number of urea groups is 2. The van der Waals surface area contributed by atoms with Crippen LogP contribution in [0.4, 0.5) is 48.4 Å². The van der Waals surface area contributed by atoms with Crippen LogP contribution in [0, 0.1) is 23.3 Å². The van der Waals surface area contributed by atoms with Gasteiger partial charge in [-0.25, -0.2) is 46.7 Å². The van der Waals surface area contributed by atoms with Crippen molar-refractivity contribution in [1.82, 2.24) is 30.4 Å². The van der Waals surface area contributed by atoms with Crippen LogP contribution in [0.25, 0.3) is 21.5 Å². The van der Waals surface area contributed by atoms with E-state index in [0.717, 1.165) is 33.7 Å². The minimum absolute atomic E-state index is 0. The number of carbonyl (C=O) groups is 5. The largest absolute Gasteiger partial charge is 0.481 e. The van der Waals surface area contributed by atoms with Gasteiger partial charge in [-0.15, -0.1) is 0 Å². The molecule has 0 spiro atoms. The molecule has 0 saturated heterocycles. The van der Waals surface area contributed by atoms with E-state index in [-0.39, 0.29) is 96.1 Å². The number of rotatable bonds is 20. The molecular formula is C50H58F4N8O9S2. The first-order valence-corrected chi connectivity index (χ1v) is 22.4. The lowest BCUT2D eigenvalue weighted by atomic mass is 10.1. The Morgan fingerprint density at radius 1 is 0.589 bits per heavy atom. The van der Waals surface area contributed by atoms with Crippen molar-refractivity contribution in [2.24, 2.45) is 0 Å². The number of amides is 6. The number of benzene rings is 4. The number of carboxylic acids is 1. The average molecular weight is 1060 g/mol. The van der Waals surface area contributed by atoms with Gasteiger partial charge in [0.25, 0.3) is 0 Å². The molecule has 6 aromatic rings. The summed E-state index contributed by atoms with van der Waals surface area (Å²) in [7, 11) is 2.96. The maximum absolute atomic E-state index is 13.9. The van der Waals surface area contributed by atoms with E-state index < -0.39 is 65.6 Å². The lowest BCUT2D eigenvalue weighted by molar-refractivity contribution is -0.137. The number of nitrogens with one attached hydrogen (secondary N) is 4. The molecule has 4 aromatic carbocycles. The summed E-state index contributed by atoms with van der Waals surface area (Å²) in [6, 6.07) is 23.5. The van der Waals surface area contributed by atoms with Crippen LogP contribution >= 0.6 is 27.0 Å². The fourth-order valence-corrected chi connectivity index (χ4v) is 6.98. The average Bonchev–Trinajstić information content (AvgIpc) is 3.36. The fraction of sp³-hybridized carbons (Fsp3) is 0.300. The summed E-state index contributed by atoms with van der Waals surface area (Å²) in [4.78, 5) is 71.8. The molecule has 73 heavy (non-hydrogen) atoms. The molecule has 2 heterocycles. The van der Waals surface area contributed by atoms with E-state index in [1.54, 1.807) is 24.5 Å². The number of aliphatic carboxylic acids is 1. The van der Waals surface area contributed by atoms with Gasteiger partial charge in [-0.3, -0.25) is 15.4 Å². The standard InChI is InChI=1S/C25H26F2N4O5.C25H28F2N4O4.2H2S/c1-31(24(34)29-14-18-8-4-10-20(26)23(18)27)19(9-5-11-22(32)33)15-36-25(35)30-21-12-16-6-2-3-7-17(16)13-28-21;1-31(24(33)29-15-19-9-6-11-21(26)23(19)27)20(10-4-5-12-32)16-35-25(34)30-22-13-17-7-2-3-8-18(17)14-28-22;;/h2-4,6-8,10,12-13,19H,5,9,11,14-15H2,1H3,(H,29,34)(H,32,33)(H,28,30,35);2-3,6-9,11,13-14,20,32H,4-5,10,12,15-16H2,1H3,(H,29,33)(H,28,30,34);2*1H2/t19-;20-;;/m00../s1. The summed E-state index contributed by atoms with van der Waals surface area (Å²) >= 11 is 0. The molecule has 0 unspecified atom stereocenters. The predicted octanol–water partition coefficient (Wildman–Crippen LogP) is 9.19. The second kappa shape index (κ2) is 30.5. The molecule has 17 nitrogen and oxygen atoms in total. The number of fused-ring (bicyclic) bond motifs is 2. The molecule has 0 radical (unpaired) electrons. The number of hydrogen-bond acceptors (Lipinski definition) is 10. The third kappa shape index (κ3) is 19.0. The van der Waals surface area contributed by atoms with Gasteiger partial charge in [-0.05, 0) is 67.1 Å². The smallest absolute Gasteiger partial charge is 0.412 e. The number of unbranched alkanes of at least 4 members (excludes halogenated alkanes) is 1. The number of aromatic nitrogens is 2. The zero-order valence-corrected chi connectivity index (χ0v) is 41.9. The van der Waals surface area contributed by atoms with Crippen molar-refractivity contribution < 1.29 is 61.2 Å². The summed E-state index contributed by atoms with van der Waals surface area (Å²) in [5.41, 5.74) is -0.0141. The van der Waals surface area contributed by atoms with E-state index in [0.29, 0.717) is 25.1 Å². The predicted molar refractivity (Wildman–Crippen MR) is 277 cm³/mol. The third-order valence-electron chi connectivity index (χ3n) is 11.1. The first kappa shape index (κ1) is 59.9. The summed E-state index contributed by atoms with van der Waals surface area (Å²) in [6.07, 6.45) is 3.63. The van der Waals surface area contributed by atoms with Crippen molar-refractivity contribution in [3.63, 3.8) is 0 Å². The van der Waals surface area contributed by atoms with Crippen molar-refractivity contribution in [1.29, 1.82) is 0 Å². The van der Waals surface area contributed by atoms with E-state index in [1.165, 1.54) is 48.2 Å². The summed E-state index contributed by atoms with van der Waals surface area (Å²) < 4.78 is 65.1. The zero-order valence-electron chi connectivity index (χ0n) is 39.9. The topological polar surface area (TPSA) is 225 Å². The number of carbonyl (C=O) groups excluding carboxylic acids is 4. The van der Waals surface area contributed by atoms with Crippen LogP contribution in [0.3, 0.4) is 0 Å². The SMILES string of the molecule is CN(C(=O)NCc1cccc(F)c1F)[C@@H](CCCC(=O)O)COC(=O)Nc1cc2ccccc2cn1.CN(C(=O)NCc1cccc(F)c1F)[C@@H](CCCCO)COC(=O)Nc1cc2ccccc2cn1.S.S. The highest BCUT2D eigenvalue weighted by atomic mass is 32.1. The van der Waals surface area contributed by atoms with E-state index in [9.17, 15) is 41.5 Å². The van der Waals surface area contributed by atoms with Crippen molar-refractivity contribution >= 4 is 90.4 Å². The molecule has 2 atom stereocenters. The highest BCUT2D eigenvalue weighted by Gasteiger charge is 2.24. The number of hydrogen-bond donors (Lipinski definition) is 6. The van der Waals surface area contributed by atoms with E-state index in [2.05, 4.69) is 31.2 Å². The van der Waals surface area contributed by atoms with Crippen LogP contribution in [-0.4, -0.2) is 106 Å². The van der Waals surface area contributed by atoms with Crippen LogP contribution in [0.5, 0.6) is 0 Å². The molecular weight excluding hydrogens is 997 g/mol. The molecule has 6 amide bonds. The van der Waals surface area contributed by atoms with Crippen molar-refractivity contribution in [2.75, 3.05) is 44.5 Å². The van der Waals surface area contributed by atoms with Gasteiger partial charge in [0.05, 0.1) is 12.1 Å². The number of pyridine rings is 2. The Balaban J connectivity index is 0.000000375. The molecule has 0 saturated carbocycles. The second-order valence-electron chi connectivity index (χ2n) is 16.1. The van der Waals surface area contributed by atoms with E-state index in [1.807, 2.05) is 48.5 Å². The summed E-state index contributed by atoms with van der Waals surface area (Å²) in [5.74, 6) is -4.48. The fourth-order valence-electron chi connectivity index (χ4n) is 6.98. The molecule has 23 heteroatoms. The van der Waals surface area contributed by atoms with Crippen molar-refractivity contribution in [3.05, 3.63) is 144 Å². The maximum Gasteiger partial charge on any atom is 0.412 e. The molecule has 0 aliphatic rings. The van der Waals surface area contributed by atoms with Gasteiger partial charge in [-0.2, -0.15) is 27.0 Å². The van der Waals surface area contributed by atoms with Gasteiger partial charge < -0.3 is 40.1 Å². The van der Waals surface area contributed by atoms with Gasteiger partial charge in [0, 0.05) is 74.5 Å². The van der Waals surface area contributed by atoms with E-state index >= 15 is 0 Å². The van der Waals surface area contributed by atoms with Crippen LogP contribution in [0.2, 0.25) is 0 Å². The second-order valence-corrected chi connectivity index (χ2v) is 16.1. The minimum Gasteiger partial charge on any atom is -0.481 e. The highest BCUT2D eigenvalue weighted by molar-refractivity contribution is 7.59. The number of aliphatic hydroxyl groups is 1. The van der Waals surface area contributed by atoms with E-state index in [4.69, 9.17) is 19.7 Å². The zero-order chi connectivity index (χ0) is 51.3. The first-order valence-electron chi connectivity index (χ1n) is 22.4. The number of aliphatic hydroxyl groups excluding tert-OH is 1. The number of ether oxygens (including phenoxy) is 2. The lowest BCUT2D eigenvalue weighted by Crippen LogP contribution is -2.46. The van der Waals surface area contributed by atoms with Gasteiger partial charge >= 0.3 is 30.2 Å². The molecule has 0 aliphatic carbocycles. The quantitative estimate of drug-likeness (QED) is 0.0312. The Morgan fingerprint density at radius 3 is 1.41 bits per heavy atom. The normalized spacial score (nSPS) is 11.3. The minimum atomic E-state index is -1.05. The number of nitrogens with zero attached hydrogens (tertiary/aromatic N) is 4. The van der Waals surface area contributed by atoms with Gasteiger partial charge in [0.2, 0.25) is 0 Å². The lowest BCUT2D eigenvalue weighted by Gasteiger charge is -2.28. The van der Waals surface area contributed by atoms with Crippen LogP contribution < -0.4 is 21.3 Å². The van der Waals surface area contributed by atoms with Crippen molar-refractivity contribution in [3.8, 4) is 0 Å².